The van der Waals surface area contributed by atoms with Gasteiger partial charge in [0.1, 0.15) is 18.3 Å². The van der Waals surface area contributed by atoms with E-state index in [-0.39, 0.29) is 36.3 Å². The molecule has 1 amide bonds. The molecule has 0 unspecified atom stereocenters. The van der Waals surface area contributed by atoms with Crippen molar-refractivity contribution in [2.75, 3.05) is 31.9 Å². The summed E-state index contributed by atoms with van der Waals surface area (Å²) in [6.45, 7) is 1.32. The third-order valence-corrected chi connectivity index (χ3v) is 6.68. The second-order valence-corrected chi connectivity index (χ2v) is 9.21. The third kappa shape index (κ3) is 5.31. The van der Waals surface area contributed by atoms with Crippen molar-refractivity contribution in [3.63, 3.8) is 0 Å². The van der Waals surface area contributed by atoms with Gasteiger partial charge in [0, 0.05) is 38.9 Å². The number of carbonyl (C=O) groups is 2. The quantitative estimate of drug-likeness (QED) is 0.328. The summed E-state index contributed by atoms with van der Waals surface area (Å²) in [5, 5.41) is 16.4. The first-order valence-electron chi connectivity index (χ1n) is 11.3. The van der Waals surface area contributed by atoms with Crippen LogP contribution in [0.5, 0.6) is 5.75 Å². The van der Waals surface area contributed by atoms with Crippen molar-refractivity contribution in [1.82, 2.24) is 9.58 Å². The molecule has 36 heavy (non-hydrogen) atoms. The Labute approximate surface area is 209 Å². The number of aryl methyl sites for hydroxylation is 1. The summed E-state index contributed by atoms with van der Waals surface area (Å²) in [4.78, 5) is 40.6. The SMILES string of the molecule is COCCCN1CN(Cc2ccsc2)n2cc(C(=O)CCc3ccc(F)cc3F)c(=O)c(O)c2C1=O. The molecule has 1 N–H and O–H groups in total. The van der Waals surface area contributed by atoms with Gasteiger partial charge in [0.15, 0.2) is 17.2 Å². The van der Waals surface area contributed by atoms with Gasteiger partial charge in [0.2, 0.25) is 5.43 Å². The zero-order valence-electron chi connectivity index (χ0n) is 19.6. The van der Waals surface area contributed by atoms with E-state index in [1.54, 1.807) is 12.1 Å². The van der Waals surface area contributed by atoms with Crippen LogP contribution >= 0.6 is 11.3 Å². The summed E-state index contributed by atoms with van der Waals surface area (Å²) in [5.41, 5.74) is -0.411. The first-order valence-corrected chi connectivity index (χ1v) is 12.2. The predicted octanol–water partition coefficient (Wildman–Crippen LogP) is 3.30. The van der Waals surface area contributed by atoms with Gasteiger partial charge < -0.3 is 14.7 Å². The van der Waals surface area contributed by atoms with Gasteiger partial charge in [0.25, 0.3) is 5.91 Å². The van der Waals surface area contributed by atoms with Crippen molar-refractivity contribution < 1.29 is 28.2 Å². The highest BCUT2D eigenvalue weighted by molar-refractivity contribution is 7.07. The van der Waals surface area contributed by atoms with Crippen molar-refractivity contribution in [3.05, 3.63) is 85.5 Å². The largest absolute Gasteiger partial charge is 0.502 e. The Kier molecular flexibility index (Phi) is 7.80. The molecule has 0 aliphatic carbocycles. The van der Waals surface area contributed by atoms with Crippen LogP contribution in [0.15, 0.2) is 46.0 Å². The van der Waals surface area contributed by atoms with Crippen LogP contribution in [-0.4, -0.2) is 53.3 Å². The number of benzene rings is 1. The van der Waals surface area contributed by atoms with Crippen LogP contribution in [0.4, 0.5) is 8.78 Å². The lowest BCUT2D eigenvalue weighted by Crippen LogP contribution is -2.54. The minimum Gasteiger partial charge on any atom is -0.502 e. The smallest absolute Gasteiger partial charge is 0.277 e. The number of carbonyl (C=O) groups excluding carboxylic acids is 2. The van der Waals surface area contributed by atoms with Gasteiger partial charge in [-0.2, -0.15) is 11.3 Å². The molecule has 0 fully saturated rings. The molecule has 0 spiro atoms. The number of rotatable bonds is 10. The summed E-state index contributed by atoms with van der Waals surface area (Å²) in [7, 11) is 1.56. The molecule has 1 aliphatic rings. The Bertz CT molecular complexity index is 1330. The third-order valence-electron chi connectivity index (χ3n) is 5.95. The molecular formula is C25H25F2N3O5S. The maximum absolute atomic E-state index is 14.0. The fourth-order valence-corrected chi connectivity index (χ4v) is 4.75. The number of nitrogens with zero attached hydrogens (tertiary/aromatic N) is 3. The van der Waals surface area contributed by atoms with Crippen LogP contribution < -0.4 is 10.4 Å². The molecule has 3 aromatic rings. The molecular weight excluding hydrogens is 492 g/mol. The number of ether oxygens (including phenoxy) is 1. The zero-order valence-corrected chi connectivity index (χ0v) is 20.4. The highest BCUT2D eigenvalue weighted by atomic mass is 32.1. The highest BCUT2D eigenvalue weighted by Gasteiger charge is 2.34. The topological polar surface area (TPSA) is 92.1 Å². The van der Waals surface area contributed by atoms with Crippen LogP contribution in [0.1, 0.15) is 44.8 Å². The second-order valence-electron chi connectivity index (χ2n) is 8.43. The van der Waals surface area contributed by atoms with E-state index in [2.05, 4.69) is 0 Å². The summed E-state index contributed by atoms with van der Waals surface area (Å²) >= 11 is 1.51. The van der Waals surface area contributed by atoms with Crippen molar-refractivity contribution in [3.8, 4) is 5.75 Å². The highest BCUT2D eigenvalue weighted by Crippen LogP contribution is 2.24. The van der Waals surface area contributed by atoms with Crippen LogP contribution in [0, 0.1) is 11.6 Å². The van der Waals surface area contributed by atoms with E-state index < -0.39 is 34.5 Å². The van der Waals surface area contributed by atoms with Gasteiger partial charge in [-0.3, -0.25) is 24.1 Å². The van der Waals surface area contributed by atoms with E-state index in [1.807, 2.05) is 16.8 Å². The Hall–Kier alpha value is -3.57. The maximum Gasteiger partial charge on any atom is 0.277 e. The monoisotopic (exact) mass is 517 g/mol. The van der Waals surface area contributed by atoms with Crippen LogP contribution in [0.3, 0.4) is 0 Å². The molecule has 8 nitrogen and oxygen atoms in total. The number of ketones is 1. The van der Waals surface area contributed by atoms with Gasteiger partial charge in [-0.1, -0.05) is 6.07 Å². The van der Waals surface area contributed by atoms with Crippen LogP contribution in [0.25, 0.3) is 0 Å². The number of aromatic hydroxyl groups is 1. The minimum atomic E-state index is -0.964. The molecule has 4 rings (SSSR count). The summed E-state index contributed by atoms with van der Waals surface area (Å²) in [5.74, 6) is -3.49. The van der Waals surface area contributed by atoms with Gasteiger partial charge in [-0.25, -0.2) is 8.78 Å². The molecule has 0 bridgehead atoms. The van der Waals surface area contributed by atoms with Crippen molar-refractivity contribution in [2.24, 2.45) is 0 Å². The van der Waals surface area contributed by atoms with Crippen molar-refractivity contribution >= 4 is 23.0 Å². The molecule has 2 aromatic heterocycles. The number of pyridine rings is 1. The molecule has 11 heteroatoms. The fourth-order valence-electron chi connectivity index (χ4n) is 4.09. The number of thiophene rings is 1. The second kappa shape index (κ2) is 11.0. The molecule has 1 aromatic carbocycles. The standard InChI is InChI=1S/C25H25F2N3O5S/c1-35-9-2-8-28-15-29(12-16-7-10-36-14-16)30-13-19(23(32)24(33)22(30)25(28)34)21(31)6-4-17-3-5-18(26)11-20(17)27/h3,5,7,10-11,13-14,33H,2,4,6,8-9,12,15H2,1H3. The van der Waals surface area contributed by atoms with Crippen LogP contribution in [0.2, 0.25) is 0 Å². The first kappa shape index (κ1) is 25.5. The molecule has 0 atom stereocenters. The summed E-state index contributed by atoms with van der Waals surface area (Å²) in [6.07, 6.45) is 1.53. The normalized spacial score (nSPS) is 13.2. The first-order chi connectivity index (χ1) is 17.3. The van der Waals surface area contributed by atoms with Crippen molar-refractivity contribution in [1.29, 1.82) is 0 Å². The lowest BCUT2D eigenvalue weighted by atomic mass is 10.0. The fraction of sp³-hybridized carbons (Fsp3) is 0.320. The lowest BCUT2D eigenvalue weighted by Gasteiger charge is -2.39. The number of hydrogen-bond donors (Lipinski definition) is 1. The van der Waals surface area contributed by atoms with E-state index in [1.165, 1.54) is 33.2 Å². The summed E-state index contributed by atoms with van der Waals surface area (Å²) in [6, 6.07) is 4.98. The molecule has 0 saturated heterocycles. The van der Waals surface area contributed by atoms with Gasteiger partial charge in [-0.05, 0) is 46.9 Å². The van der Waals surface area contributed by atoms with Gasteiger partial charge in [0.05, 0.1) is 12.1 Å². The Morgan fingerprint density at radius 1 is 1.22 bits per heavy atom. The zero-order chi connectivity index (χ0) is 25.8. The number of halogens is 2. The molecule has 0 saturated carbocycles. The van der Waals surface area contributed by atoms with Gasteiger partial charge in [-0.15, -0.1) is 0 Å². The predicted molar refractivity (Wildman–Crippen MR) is 130 cm³/mol. The van der Waals surface area contributed by atoms with Gasteiger partial charge >= 0.3 is 0 Å². The average Bonchev–Trinajstić information content (AvgIpc) is 3.36. The number of fused-ring (bicyclic) bond motifs is 1. The van der Waals surface area contributed by atoms with E-state index in [4.69, 9.17) is 4.74 Å². The van der Waals surface area contributed by atoms with E-state index >= 15 is 0 Å². The number of Topliss-reactive ketones (excluding diaryl/α,β-unsaturated/α-hetero) is 1. The minimum absolute atomic E-state index is 0.0578. The number of methoxy groups -OCH3 is 1. The average molecular weight is 518 g/mol. The Morgan fingerprint density at radius 2 is 2.03 bits per heavy atom. The van der Waals surface area contributed by atoms with E-state index in [0.717, 1.165) is 17.7 Å². The number of hydrogen-bond acceptors (Lipinski definition) is 7. The molecule has 3 heterocycles. The van der Waals surface area contributed by atoms with E-state index in [9.17, 15) is 28.3 Å². The summed E-state index contributed by atoms with van der Waals surface area (Å²) < 4.78 is 33.6. The number of aromatic nitrogens is 1. The Morgan fingerprint density at radius 3 is 2.72 bits per heavy atom. The number of amides is 1. The van der Waals surface area contributed by atoms with Crippen molar-refractivity contribution in [2.45, 2.75) is 25.8 Å². The maximum atomic E-state index is 14.0. The van der Waals surface area contributed by atoms with Crippen LogP contribution in [-0.2, 0) is 17.7 Å². The molecule has 1 aliphatic heterocycles. The Balaban J connectivity index is 1.66. The molecule has 0 radical (unpaired) electrons. The van der Waals surface area contributed by atoms with E-state index in [0.29, 0.717) is 26.1 Å². The molecule has 190 valence electrons. The lowest BCUT2D eigenvalue weighted by molar-refractivity contribution is 0.0663.